The first kappa shape index (κ1) is 23.5. The Bertz CT molecular complexity index is 43.4. The predicted octanol–water partition coefficient (Wildman–Crippen LogP) is -0.650. The maximum absolute atomic E-state index is 2.00. The second-order valence-corrected chi connectivity index (χ2v) is 4.02. The van der Waals surface area contributed by atoms with Crippen LogP contribution in [0, 0.1) is 0 Å². The van der Waals surface area contributed by atoms with E-state index < -0.39 is 0 Å². The fraction of sp³-hybridized carbons (Fsp3) is 1.00. The van der Waals surface area contributed by atoms with Gasteiger partial charge in [-0.25, -0.2) is 0 Å². The van der Waals surface area contributed by atoms with Crippen LogP contribution in [0.2, 0.25) is 0 Å². The summed E-state index contributed by atoms with van der Waals surface area (Å²) in [4.78, 5) is 6.00. The molecule has 0 N–H and O–H groups in total. The number of nitrogens with zero attached hydrogens (tertiary/aromatic N) is 3. The van der Waals surface area contributed by atoms with Gasteiger partial charge in [-0.15, -0.1) is 0 Å². The number of rotatable bonds is 0. The van der Waals surface area contributed by atoms with Crippen molar-refractivity contribution < 1.29 is 0 Å². The Balaban J connectivity index is -0.0000000450. The van der Waals surface area contributed by atoms with Gasteiger partial charge in [0.1, 0.15) is 0 Å². The molecule has 0 aromatic heterocycles. The summed E-state index contributed by atoms with van der Waals surface area (Å²) in [6.07, 6.45) is 0. The zero-order valence-electron chi connectivity index (χ0n) is 11.0. The summed E-state index contributed by atoms with van der Waals surface area (Å²) in [6, 6.07) is 0. The molecule has 0 aromatic carbocycles. The Hall–Kier alpha value is 0.763. The maximum atomic E-state index is 2.00. The van der Waals surface area contributed by atoms with Crippen LogP contribution < -0.4 is 0 Å². The van der Waals surface area contributed by atoms with Crippen LogP contribution in [0.1, 0.15) is 0 Å². The summed E-state index contributed by atoms with van der Waals surface area (Å²) in [6.45, 7) is 0. The molecule has 0 spiro atoms. The molecule has 0 rings (SSSR count). The number of hydrogen-bond donors (Lipinski definition) is 0. The predicted molar refractivity (Wildman–Crippen MR) is 68.8 cm³/mol. The van der Waals surface area contributed by atoms with Crippen molar-refractivity contribution in [3.8, 4) is 0 Å². The van der Waals surface area contributed by atoms with Crippen molar-refractivity contribution in [2.24, 2.45) is 0 Å². The monoisotopic (exact) mass is 389 g/mol. The quantitative estimate of drug-likeness (QED) is 0.510. The van der Waals surface area contributed by atoms with Crippen LogP contribution in [0.5, 0.6) is 0 Å². The normalized spacial score (nSPS) is 8.31. The van der Waals surface area contributed by atoms with E-state index in [2.05, 4.69) is 0 Å². The van der Waals surface area contributed by atoms with E-state index in [9.17, 15) is 0 Å². The molecule has 0 atom stereocenters. The fourth-order valence-corrected chi connectivity index (χ4v) is 0. The van der Waals surface area contributed by atoms with Gasteiger partial charge in [-0.3, -0.25) is 0 Å². The van der Waals surface area contributed by atoms with Gasteiger partial charge in [-0.2, -0.15) is 0 Å². The summed E-state index contributed by atoms with van der Waals surface area (Å²) >= 11 is 0. The van der Waals surface area contributed by atoms with Crippen molar-refractivity contribution in [2.45, 2.75) is 0 Å². The Morgan fingerprint density at radius 1 is 0.385 bits per heavy atom. The van der Waals surface area contributed by atoms with Crippen LogP contribution in [0.15, 0.2) is 0 Å². The third-order valence-electron chi connectivity index (χ3n) is 0. The first-order valence-electron chi connectivity index (χ1n) is 4.02. The minimum atomic E-state index is 0. The van der Waals surface area contributed by atoms with Crippen molar-refractivity contribution in [1.29, 1.82) is 0 Å². The van der Waals surface area contributed by atoms with Gasteiger partial charge in [0.2, 0.25) is 0 Å². The molecule has 0 saturated heterocycles. The average molecular weight is 389 g/mol. The Kier molecular flexibility index (Phi) is 33.5. The second kappa shape index (κ2) is 18.5. The van der Waals surface area contributed by atoms with E-state index in [4.69, 9.17) is 0 Å². The topological polar surface area (TPSA) is 9.72 Å². The summed E-state index contributed by atoms with van der Waals surface area (Å²) < 4.78 is 0. The van der Waals surface area contributed by atoms with Crippen molar-refractivity contribution in [3.63, 3.8) is 0 Å². The van der Waals surface area contributed by atoms with Gasteiger partial charge in [-0.1, -0.05) is 0 Å². The molecule has 0 heterocycles. The molecule has 0 aliphatic heterocycles. The molecule has 3 nitrogen and oxygen atoms in total. The molecule has 0 aliphatic carbocycles. The van der Waals surface area contributed by atoms with E-state index in [1.54, 1.807) is 0 Å². The van der Waals surface area contributed by atoms with Crippen LogP contribution in [0.25, 0.3) is 0 Å². The Labute approximate surface area is 104 Å². The Morgan fingerprint density at radius 2 is 0.385 bits per heavy atom. The molecule has 0 aliphatic rings. The van der Waals surface area contributed by atoms with E-state index in [0.717, 1.165) is 0 Å². The van der Waals surface area contributed by atoms with E-state index in [1.807, 2.05) is 78.1 Å². The molecule has 13 heavy (non-hydrogen) atoms. The SMILES string of the molecule is CN(C)C.CN(C)C.CN(C)C.[BiH3]. The first-order chi connectivity index (χ1) is 5.20. The van der Waals surface area contributed by atoms with E-state index in [0.29, 0.717) is 0 Å². The average Bonchev–Trinajstić information content (AvgIpc) is 1.54. The molecular weight excluding hydrogens is 359 g/mol. The van der Waals surface area contributed by atoms with Crippen molar-refractivity contribution >= 4 is 26.2 Å². The molecular formula is C9H30BiN3. The minimum absolute atomic E-state index is 0. The molecule has 4 heteroatoms. The molecule has 86 valence electrons. The van der Waals surface area contributed by atoms with Crippen LogP contribution in [-0.2, 0) is 0 Å². The first-order valence-corrected chi connectivity index (χ1v) is 4.02. The summed E-state index contributed by atoms with van der Waals surface area (Å²) in [7, 11) is 18.0. The Morgan fingerprint density at radius 3 is 0.385 bits per heavy atom. The molecule has 0 aromatic rings. The van der Waals surface area contributed by atoms with Crippen LogP contribution in [-0.4, -0.2) is 104 Å². The van der Waals surface area contributed by atoms with Gasteiger partial charge in [0, 0.05) is 0 Å². The van der Waals surface area contributed by atoms with Crippen LogP contribution in [0.3, 0.4) is 0 Å². The van der Waals surface area contributed by atoms with E-state index in [-0.39, 0.29) is 26.2 Å². The zero-order valence-corrected chi connectivity index (χ0v) is 16.5. The molecule has 0 radical (unpaired) electrons. The summed E-state index contributed by atoms with van der Waals surface area (Å²) in [5.41, 5.74) is 0. The third kappa shape index (κ3) is 2540. The van der Waals surface area contributed by atoms with Crippen LogP contribution in [0.4, 0.5) is 0 Å². The van der Waals surface area contributed by atoms with Crippen molar-refractivity contribution in [1.82, 2.24) is 14.7 Å². The van der Waals surface area contributed by atoms with Gasteiger partial charge < -0.3 is 14.7 Å². The van der Waals surface area contributed by atoms with Gasteiger partial charge in [0.25, 0.3) is 0 Å². The van der Waals surface area contributed by atoms with Crippen molar-refractivity contribution in [3.05, 3.63) is 0 Å². The standard InChI is InChI=1S/3C3H9N.Bi.3H/c3*1-4(2)3;;;;/h3*1-3H3;;;;. The third-order valence-corrected chi connectivity index (χ3v) is 0. The molecule has 0 bridgehead atoms. The zero-order chi connectivity index (χ0) is 10.7. The molecule has 0 amide bonds. The fourth-order valence-electron chi connectivity index (χ4n) is 0. The summed E-state index contributed by atoms with van der Waals surface area (Å²) in [5.74, 6) is 0. The van der Waals surface area contributed by atoms with E-state index in [1.165, 1.54) is 0 Å². The number of hydrogen-bond acceptors (Lipinski definition) is 3. The van der Waals surface area contributed by atoms with Crippen molar-refractivity contribution in [2.75, 3.05) is 63.4 Å². The molecule has 0 fully saturated rings. The molecule has 0 unspecified atom stereocenters. The van der Waals surface area contributed by atoms with Crippen LogP contribution >= 0.6 is 0 Å². The van der Waals surface area contributed by atoms with Gasteiger partial charge in [0.05, 0.1) is 0 Å². The summed E-state index contributed by atoms with van der Waals surface area (Å²) in [5, 5.41) is 0. The second-order valence-electron chi connectivity index (χ2n) is 4.02. The van der Waals surface area contributed by atoms with Gasteiger partial charge >= 0.3 is 26.2 Å². The molecule has 0 saturated carbocycles. The van der Waals surface area contributed by atoms with E-state index >= 15 is 0 Å². The van der Waals surface area contributed by atoms with Gasteiger partial charge in [-0.05, 0) is 63.4 Å². The van der Waals surface area contributed by atoms with Gasteiger partial charge in [0.15, 0.2) is 0 Å².